The third kappa shape index (κ3) is 4.25. The number of nitrogens with one attached hydrogen (secondary N) is 1. The molecule has 1 amide bonds. The van der Waals surface area contributed by atoms with Crippen molar-refractivity contribution in [3.63, 3.8) is 0 Å². The Labute approximate surface area is 162 Å². The Kier molecular flexibility index (Phi) is 6.03. The van der Waals surface area contributed by atoms with E-state index in [0.29, 0.717) is 17.5 Å². The summed E-state index contributed by atoms with van der Waals surface area (Å²) in [6.07, 6.45) is 5.11. The molecule has 6 nitrogen and oxygen atoms in total. The first-order valence-corrected chi connectivity index (χ1v) is 9.47. The second kappa shape index (κ2) is 8.64. The van der Waals surface area contributed by atoms with Crippen LogP contribution in [-0.2, 0) is 4.79 Å². The molecule has 1 unspecified atom stereocenters. The number of benzene rings is 1. The largest absolute Gasteiger partial charge is 0.352 e. The van der Waals surface area contributed by atoms with Gasteiger partial charge < -0.3 is 5.32 Å². The molecule has 2 heterocycles. The van der Waals surface area contributed by atoms with E-state index in [4.69, 9.17) is 0 Å². The molecule has 0 radical (unpaired) electrons. The van der Waals surface area contributed by atoms with Gasteiger partial charge >= 0.3 is 0 Å². The van der Waals surface area contributed by atoms with Crippen LogP contribution in [0.5, 0.6) is 0 Å². The average Bonchev–Trinajstić information content (AvgIpc) is 3.10. The standard InChI is InChI=1S/C20H21N5OS/c1-4-11-22-19(26)15(3)27-20-24-23-18(16-9-12-21-13-10-16)25(20)17-8-6-5-7-14(17)2/h4-10,12-13,15H,1,11H2,2-3H3,(H,22,26). The highest BCUT2D eigenvalue weighted by Gasteiger charge is 2.22. The van der Waals surface area contributed by atoms with Gasteiger partial charge in [0.2, 0.25) is 5.91 Å². The Morgan fingerprint density at radius 3 is 2.70 bits per heavy atom. The molecule has 0 saturated heterocycles. The van der Waals surface area contributed by atoms with Crippen LogP contribution in [0, 0.1) is 6.92 Å². The number of nitrogens with zero attached hydrogens (tertiary/aromatic N) is 4. The van der Waals surface area contributed by atoms with Crippen molar-refractivity contribution in [2.24, 2.45) is 0 Å². The summed E-state index contributed by atoms with van der Waals surface area (Å²) < 4.78 is 1.99. The number of aryl methyl sites for hydroxylation is 1. The number of pyridine rings is 1. The van der Waals surface area contributed by atoms with E-state index in [1.165, 1.54) is 11.8 Å². The maximum absolute atomic E-state index is 12.3. The number of hydrogen-bond acceptors (Lipinski definition) is 5. The van der Waals surface area contributed by atoms with Crippen LogP contribution >= 0.6 is 11.8 Å². The van der Waals surface area contributed by atoms with Crippen LogP contribution in [0.3, 0.4) is 0 Å². The van der Waals surface area contributed by atoms with Gasteiger partial charge in [0, 0.05) is 24.5 Å². The molecular formula is C20H21N5OS. The predicted octanol–water partition coefficient (Wildman–Crippen LogP) is 3.42. The van der Waals surface area contributed by atoms with Crippen LogP contribution < -0.4 is 5.32 Å². The van der Waals surface area contributed by atoms with Gasteiger partial charge in [-0.15, -0.1) is 16.8 Å². The lowest BCUT2D eigenvalue weighted by Gasteiger charge is -2.15. The summed E-state index contributed by atoms with van der Waals surface area (Å²) in [6, 6.07) is 11.8. The van der Waals surface area contributed by atoms with Crippen LogP contribution in [0.15, 0.2) is 66.6 Å². The second-order valence-corrected chi connectivity index (χ2v) is 7.27. The van der Waals surface area contributed by atoms with Gasteiger partial charge in [0.15, 0.2) is 11.0 Å². The zero-order chi connectivity index (χ0) is 19.2. The van der Waals surface area contributed by atoms with Crippen molar-refractivity contribution in [3.8, 4) is 17.1 Å². The Morgan fingerprint density at radius 1 is 1.26 bits per heavy atom. The summed E-state index contributed by atoms with van der Waals surface area (Å²) in [5.74, 6) is 0.651. The molecule has 0 aliphatic carbocycles. The van der Waals surface area contributed by atoms with Crippen molar-refractivity contribution in [1.29, 1.82) is 0 Å². The topological polar surface area (TPSA) is 72.7 Å². The fourth-order valence-electron chi connectivity index (χ4n) is 2.59. The number of carbonyl (C=O) groups is 1. The molecule has 27 heavy (non-hydrogen) atoms. The van der Waals surface area contributed by atoms with E-state index in [1.54, 1.807) is 18.5 Å². The minimum Gasteiger partial charge on any atom is -0.352 e. The molecule has 0 bridgehead atoms. The lowest BCUT2D eigenvalue weighted by atomic mass is 10.2. The van der Waals surface area contributed by atoms with Gasteiger partial charge in [0.05, 0.1) is 10.9 Å². The maximum Gasteiger partial charge on any atom is 0.233 e. The highest BCUT2D eigenvalue weighted by Crippen LogP contribution is 2.31. The molecule has 1 N–H and O–H groups in total. The van der Waals surface area contributed by atoms with Crippen LogP contribution in [0.4, 0.5) is 0 Å². The Bertz CT molecular complexity index is 939. The summed E-state index contributed by atoms with van der Waals surface area (Å²) in [7, 11) is 0. The highest BCUT2D eigenvalue weighted by atomic mass is 32.2. The van der Waals surface area contributed by atoms with Gasteiger partial charge in [0.1, 0.15) is 0 Å². The van der Waals surface area contributed by atoms with E-state index >= 15 is 0 Å². The lowest BCUT2D eigenvalue weighted by Crippen LogP contribution is -2.31. The molecule has 0 aliphatic heterocycles. The Hall–Kier alpha value is -2.93. The molecular weight excluding hydrogens is 358 g/mol. The highest BCUT2D eigenvalue weighted by molar-refractivity contribution is 8.00. The molecule has 0 aliphatic rings. The predicted molar refractivity (Wildman–Crippen MR) is 108 cm³/mol. The van der Waals surface area contributed by atoms with E-state index in [2.05, 4.69) is 27.1 Å². The van der Waals surface area contributed by atoms with Crippen molar-refractivity contribution < 1.29 is 4.79 Å². The van der Waals surface area contributed by atoms with Crippen LogP contribution in [0.1, 0.15) is 12.5 Å². The molecule has 3 rings (SSSR count). The fourth-order valence-corrected chi connectivity index (χ4v) is 3.48. The first-order chi connectivity index (χ1) is 13.1. The quantitative estimate of drug-likeness (QED) is 0.503. The maximum atomic E-state index is 12.3. The number of hydrogen-bond donors (Lipinski definition) is 1. The van der Waals surface area contributed by atoms with Gasteiger partial charge in [-0.3, -0.25) is 14.3 Å². The molecule has 3 aromatic rings. The number of carbonyl (C=O) groups excluding carboxylic acids is 1. The van der Waals surface area contributed by atoms with Gasteiger partial charge in [0.25, 0.3) is 0 Å². The normalized spacial score (nSPS) is 11.8. The van der Waals surface area contributed by atoms with Crippen molar-refractivity contribution in [2.75, 3.05) is 6.54 Å². The van der Waals surface area contributed by atoms with Crippen molar-refractivity contribution in [2.45, 2.75) is 24.3 Å². The van der Waals surface area contributed by atoms with Crippen LogP contribution in [-0.4, -0.2) is 37.5 Å². The van der Waals surface area contributed by atoms with Gasteiger partial charge in [-0.1, -0.05) is 36.0 Å². The van der Waals surface area contributed by atoms with E-state index in [9.17, 15) is 4.79 Å². The van der Waals surface area contributed by atoms with Gasteiger partial charge in [-0.2, -0.15) is 0 Å². The fraction of sp³-hybridized carbons (Fsp3) is 0.200. The van der Waals surface area contributed by atoms with Crippen molar-refractivity contribution >= 4 is 17.7 Å². The first-order valence-electron chi connectivity index (χ1n) is 8.59. The summed E-state index contributed by atoms with van der Waals surface area (Å²) in [4.78, 5) is 16.3. The van der Waals surface area contributed by atoms with Gasteiger partial charge in [-0.05, 0) is 37.6 Å². The smallest absolute Gasteiger partial charge is 0.233 e. The third-order valence-electron chi connectivity index (χ3n) is 4.00. The molecule has 0 fully saturated rings. The molecule has 1 aromatic carbocycles. The zero-order valence-electron chi connectivity index (χ0n) is 15.3. The summed E-state index contributed by atoms with van der Waals surface area (Å²) in [6.45, 7) is 7.96. The minimum absolute atomic E-state index is 0.0651. The number of aromatic nitrogens is 4. The first kappa shape index (κ1) is 18.8. The number of thioether (sulfide) groups is 1. The second-order valence-electron chi connectivity index (χ2n) is 5.96. The lowest BCUT2D eigenvalue weighted by molar-refractivity contribution is -0.120. The Morgan fingerprint density at radius 2 is 2.00 bits per heavy atom. The summed E-state index contributed by atoms with van der Waals surface area (Å²) >= 11 is 1.38. The van der Waals surface area contributed by atoms with Crippen LogP contribution in [0.25, 0.3) is 17.1 Å². The van der Waals surface area contributed by atoms with Crippen LogP contribution in [0.2, 0.25) is 0 Å². The monoisotopic (exact) mass is 379 g/mol. The Balaban J connectivity index is 2.02. The van der Waals surface area contributed by atoms with E-state index in [1.807, 2.05) is 54.8 Å². The number of para-hydroxylation sites is 1. The molecule has 0 saturated carbocycles. The molecule has 138 valence electrons. The summed E-state index contributed by atoms with van der Waals surface area (Å²) in [5.41, 5.74) is 2.99. The summed E-state index contributed by atoms with van der Waals surface area (Å²) in [5, 5.41) is 11.9. The average molecular weight is 379 g/mol. The molecule has 7 heteroatoms. The minimum atomic E-state index is -0.317. The van der Waals surface area contributed by atoms with Gasteiger partial charge in [-0.25, -0.2) is 0 Å². The molecule has 2 aromatic heterocycles. The number of rotatable bonds is 7. The third-order valence-corrected chi connectivity index (χ3v) is 5.04. The van der Waals surface area contributed by atoms with Crippen molar-refractivity contribution in [3.05, 3.63) is 67.0 Å². The SMILES string of the molecule is C=CCNC(=O)C(C)Sc1nnc(-c2ccncc2)n1-c1ccccc1C. The number of amides is 1. The molecule has 1 atom stereocenters. The van der Waals surface area contributed by atoms with E-state index in [-0.39, 0.29) is 11.2 Å². The van der Waals surface area contributed by atoms with E-state index < -0.39 is 0 Å². The zero-order valence-corrected chi connectivity index (χ0v) is 16.1. The van der Waals surface area contributed by atoms with E-state index in [0.717, 1.165) is 16.8 Å². The molecule has 0 spiro atoms. The van der Waals surface area contributed by atoms with Crippen molar-refractivity contribution in [1.82, 2.24) is 25.1 Å².